The van der Waals surface area contributed by atoms with Gasteiger partial charge >= 0.3 is 0 Å². The van der Waals surface area contributed by atoms with Crippen LogP contribution < -0.4 is 5.32 Å². The fourth-order valence-electron chi connectivity index (χ4n) is 5.68. The number of aliphatic hydroxyl groups excluding tert-OH is 5. The molecule has 1 rings (SSSR count). The van der Waals surface area contributed by atoms with Crippen LogP contribution in [0, 0.1) is 0 Å². The summed E-state index contributed by atoms with van der Waals surface area (Å²) in [5.41, 5.74) is 0. The minimum absolute atomic E-state index is 0.189. The molecular formula is C37H69NO8. The molecular weight excluding hydrogens is 586 g/mol. The monoisotopic (exact) mass is 656 g/mol. The van der Waals surface area contributed by atoms with Gasteiger partial charge in [-0.25, -0.2) is 0 Å². The van der Waals surface area contributed by atoms with Gasteiger partial charge in [0.1, 0.15) is 24.4 Å². The van der Waals surface area contributed by atoms with Crippen LogP contribution in [0.4, 0.5) is 0 Å². The quantitative estimate of drug-likeness (QED) is 0.0425. The van der Waals surface area contributed by atoms with Crippen molar-refractivity contribution < 1.29 is 39.8 Å². The second kappa shape index (κ2) is 28.7. The van der Waals surface area contributed by atoms with Gasteiger partial charge in [-0.3, -0.25) is 4.79 Å². The maximum absolute atomic E-state index is 12.8. The van der Waals surface area contributed by atoms with Crippen molar-refractivity contribution >= 4 is 5.91 Å². The van der Waals surface area contributed by atoms with Gasteiger partial charge in [0.25, 0.3) is 0 Å². The van der Waals surface area contributed by atoms with Crippen molar-refractivity contribution in [2.24, 2.45) is 0 Å². The third-order valence-electron chi connectivity index (χ3n) is 8.77. The van der Waals surface area contributed by atoms with Crippen molar-refractivity contribution in [3.8, 4) is 0 Å². The zero-order valence-electron chi connectivity index (χ0n) is 29.1. The van der Waals surface area contributed by atoms with E-state index in [0.717, 1.165) is 51.4 Å². The molecule has 0 aromatic rings. The highest BCUT2D eigenvalue weighted by Gasteiger charge is 2.44. The largest absolute Gasteiger partial charge is 0.394 e. The average molecular weight is 656 g/mol. The van der Waals surface area contributed by atoms with Crippen LogP contribution >= 0.6 is 0 Å². The maximum atomic E-state index is 12.8. The van der Waals surface area contributed by atoms with E-state index in [-0.39, 0.29) is 12.5 Å². The van der Waals surface area contributed by atoms with Crippen LogP contribution in [0.2, 0.25) is 0 Å². The smallest absolute Gasteiger partial charge is 0.220 e. The first-order valence-corrected chi connectivity index (χ1v) is 18.6. The topological polar surface area (TPSA) is 149 Å². The Labute approximate surface area is 279 Å². The highest BCUT2D eigenvalue weighted by atomic mass is 16.7. The summed E-state index contributed by atoms with van der Waals surface area (Å²) >= 11 is 0. The number of rotatable bonds is 29. The van der Waals surface area contributed by atoms with Gasteiger partial charge in [-0.15, -0.1) is 0 Å². The summed E-state index contributed by atoms with van der Waals surface area (Å²) in [6, 6.07) is -0.799. The number of ether oxygens (including phenoxy) is 2. The second-order valence-electron chi connectivity index (χ2n) is 13.0. The lowest BCUT2D eigenvalue weighted by Crippen LogP contribution is -2.60. The molecule has 7 atom stereocenters. The van der Waals surface area contributed by atoms with E-state index in [0.29, 0.717) is 6.42 Å². The summed E-state index contributed by atoms with van der Waals surface area (Å²) in [6.07, 6.45) is 23.9. The highest BCUT2D eigenvalue weighted by molar-refractivity contribution is 5.76. The normalized spacial score (nSPS) is 23.3. The Kier molecular flexibility index (Phi) is 26.6. The van der Waals surface area contributed by atoms with Gasteiger partial charge in [-0.2, -0.15) is 0 Å². The average Bonchev–Trinajstić information content (AvgIpc) is 3.05. The number of hydrogen-bond acceptors (Lipinski definition) is 8. The highest BCUT2D eigenvalue weighted by Crippen LogP contribution is 2.22. The maximum Gasteiger partial charge on any atom is 0.220 e. The van der Waals surface area contributed by atoms with Crippen LogP contribution in [0.1, 0.15) is 149 Å². The lowest BCUT2D eigenvalue weighted by Gasteiger charge is -2.40. The number of nitrogens with one attached hydrogen (secondary N) is 1. The molecule has 0 saturated carbocycles. The van der Waals surface area contributed by atoms with Gasteiger partial charge in [-0.05, 0) is 44.9 Å². The van der Waals surface area contributed by atoms with Crippen LogP contribution in [0.25, 0.3) is 0 Å². The van der Waals surface area contributed by atoms with Crippen molar-refractivity contribution in [3.63, 3.8) is 0 Å². The summed E-state index contributed by atoms with van der Waals surface area (Å²) in [5.74, 6) is -0.189. The van der Waals surface area contributed by atoms with Gasteiger partial charge in [0.05, 0.1) is 25.4 Å². The summed E-state index contributed by atoms with van der Waals surface area (Å²) in [6.45, 7) is 3.65. The Balaban J connectivity index is 2.35. The number of carbonyl (C=O) groups is 1. The van der Waals surface area contributed by atoms with Crippen LogP contribution in [-0.2, 0) is 14.3 Å². The molecule has 0 aromatic carbocycles. The molecule has 1 fully saturated rings. The SMILES string of the molecule is CCCCCC/C=C/C(O)C(COC1OC(CO)C(O)C(O)C1O)NC(=O)CCCCCCCCC/C=C\CCCCCCCC. The van der Waals surface area contributed by atoms with Crippen LogP contribution in [0.15, 0.2) is 24.3 Å². The van der Waals surface area contributed by atoms with Gasteiger partial charge in [0.2, 0.25) is 5.91 Å². The summed E-state index contributed by atoms with van der Waals surface area (Å²) in [4.78, 5) is 12.8. The predicted molar refractivity (Wildman–Crippen MR) is 184 cm³/mol. The first-order chi connectivity index (χ1) is 22.3. The fraction of sp³-hybridized carbons (Fsp3) is 0.865. The van der Waals surface area contributed by atoms with E-state index in [1.807, 2.05) is 6.08 Å². The zero-order valence-corrected chi connectivity index (χ0v) is 29.1. The summed E-state index contributed by atoms with van der Waals surface area (Å²) in [7, 11) is 0. The molecule has 0 radical (unpaired) electrons. The van der Waals surface area contributed by atoms with Crippen LogP contribution in [-0.4, -0.2) is 87.5 Å². The van der Waals surface area contributed by atoms with Crippen molar-refractivity contribution in [3.05, 3.63) is 24.3 Å². The van der Waals surface area contributed by atoms with E-state index in [1.165, 1.54) is 77.0 Å². The summed E-state index contributed by atoms with van der Waals surface area (Å²) < 4.78 is 11.1. The second-order valence-corrected chi connectivity index (χ2v) is 13.0. The number of amides is 1. The lowest BCUT2D eigenvalue weighted by molar-refractivity contribution is -0.302. The Morgan fingerprint density at radius 1 is 0.717 bits per heavy atom. The van der Waals surface area contributed by atoms with Crippen molar-refractivity contribution in [2.45, 2.75) is 192 Å². The van der Waals surface area contributed by atoms with Gasteiger partial charge < -0.3 is 40.3 Å². The zero-order chi connectivity index (χ0) is 33.8. The molecule has 1 aliphatic rings. The third-order valence-corrected chi connectivity index (χ3v) is 8.77. The number of unbranched alkanes of at least 4 members (excludes halogenated alkanes) is 17. The van der Waals surface area contributed by atoms with Crippen LogP contribution in [0.5, 0.6) is 0 Å². The lowest BCUT2D eigenvalue weighted by atomic mass is 9.99. The molecule has 6 N–H and O–H groups in total. The number of aliphatic hydroxyl groups is 5. The molecule has 0 aromatic heterocycles. The third kappa shape index (κ3) is 20.1. The Bertz CT molecular complexity index is 776. The van der Waals surface area contributed by atoms with E-state index in [9.17, 15) is 30.3 Å². The molecule has 46 heavy (non-hydrogen) atoms. The molecule has 0 bridgehead atoms. The Morgan fingerprint density at radius 2 is 1.22 bits per heavy atom. The predicted octanol–water partition coefficient (Wildman–Crippen LogP) is 5.99. The minimum atomic E-state index is -1.56. The first-order valence-electron chi connectivity index (χ1n) is 18.6. The van der Waals surface area contributed by atoms with Crippen molar-refractivity contribution in [1.29, 1.82) is 0 Å². The van der Waals surface area contributed by atoms with Crippen LogP contribution in [0.3, 0.4) is 0 Å². The van der Waals surface area contributed by atoms with Gasteiger partial charge in [-0.1, -0.05) is 122 Å². The van der Waals surface area contributed by atoms with E-state index in [4.69, 9.17) is 9.47 Å². The molecule has 0 spiro atoms. The molecule has 1 amide bonds. The molecule has 1 aliphatic heterocycles. The van der Waals surface area contributed by atoms with E-state index >= 15 is 0 Å². The molecule has 1 saturated heterocycles. The molecule has 0 aliphatic carbocycles. The van der Waals surface area contributed by atoms with Gasteiger partial charge in [0.15, 0.2) is 6.29 Å². The molecule has 9 nitrogen and oxygen atoms in total. The molecule has 7 unspecified atom stereocenters. The molecule has 1 heterocycles. The number of carbonyl (C=O) groups excluding carboxylic acids is 1. The van der Waals surface area contributed by atoms with Gasteiger partial charge in [0, 0.05) is 6.42 Å². The molecule has 9 heteroatoms. The number of allylic oxidation sites excluding steroid dienone is 3. The first kappa shape index (κ1) is 42.7. The Morgan fingerprint density at radius 3 is 1.78 bits per heavy atom. The minimum Gasteiger partial charge on any atom is -0.394 e. The van der Waals surface area contributed by atoms with E-state index < -0.39 is 49.5 Å². The van der Waals surface area contributed by atoms with E-state index in [1.54, 1.807) is 6.08 Å². The number of hydrogen-bond donors (Lipinski definition) is 6. The fourth-order valence-corrected chi connectivity index (χ4v) is 5.68. The Hall–Kier alpha value is -1.33. The standard InChI is InChI=1S/C37H69NO8/c1-3-5-7-9-11-12-13-14-15-16-17-18-19-20-21-23-25-27-33(41)38-30(31(40)26-24-22-10-8-6-4-2)29-45-37-36(44)35(43)34(42)32(28-39)46-37/h14-15,24,26,30-32,34-37,39-40,42-44H,3-13,16-23,25,27-29H2,1-2H3,(H,38,41)/b15-14-,26-24+. The molecule has 270 valence electrons. The summed E-state index contributed by atoms with van der Waals surface area (Å²) in [5, 5.41) is 53.5. The van der Waals surface area contributed by atoms with Crippen molar-refractivity contribution in [1.82, 2.24) is 5.32 Å². The van der Waals surface area contributed by atoms with E-state index in [2.05, 4.69) is 31.3 Å². The van der Waals surface area contributed by atoms with Crippen molar-refractivity contribution in [2.75, 3.05) is 13.2 Å².